The maximum atomic E-state index is 13.7. The Morgan fingerprint density at radius 3 is 1.88 bits per heavy atom. The molecule has 2 rings (SSSR count). The van der Waals surface area contributed by atoms with Crippen LogP contribution in [0.1, 0.15) is 29.2 Å². The van der Waals surface area contributed by atoms with Crippen molar-refractivity contribution in [2.24, 2.45) is 0 Å². The van der Waals surface area contributed by atoms with Crippen molar-refractivity contribution in [2.75, 3.05) is 34.5 Å². The molecule has 0 saturated carbocycles. The number of hydrogen-bond donors (Lipinski definition) is 0. The Hall–Kier alpha value is -2.78. The summed E-state index contributed by atoms with van der Waals surface area (Å²) in [6.07, 6.45) is 0. The van der Waals surface area contributed by atoms with Crippen molar-refractivity contribution < 1.29 is 32.2 Å². The molecule has 2 aromatic carbocycles. The number of nitrogens with zero attached hydrogens (tertiary/aromatic N) is 1. The fraction of sp³-hybridized carbons (Fsp3) is 0.435. The van der Waals surface area contributed by atoms with Crippen LogP contribution in [0, 0.1) is 20.8 Å². The lowest BCUT2D eigenvalue weighted by molar-refractivity contribution is -0.143. The summed E-state index contributed by atoms with van der Waals surface area (Å²) in [5, 5.41) is 0. The second kappa shape index (κ2) is 10.7. The third-order valence-electron chi connectivity index (χ3n) is 4.90. The number of rotatable bonds is 10. The summed E-state index contributed by atoms with van der Waals surface area (Å²) >= 11 is 0. The lowest BCUT2D eigenvalue weighted by atomic mass is 10.1. The lowest BCUT2D eigenvalue weighted by Crippen LogP contribution is -2.36. The van der Waals surface area contributed by atoms with Gasteiger partial charge in [0.1, 0.15) is 6.54 Å². The molecule has 0 bridgehead atoms. The van der Waals surface area contributed by atoms with Crippen molar-refractivity contribution in [3.8, 4) is 17.2 Å². The lowest BCUT2D eigenvalue weighted by Gasteiger charge is -2.24. The second-order valence-corrected chi connectivity index (χ2v) is 9.21. The van der Waals surface area contributed by atoms with Crippen LogP contribution in [0.4, 0.5) is 0 Å². The van der Waals surface area contributed by atoms with E-state index < -0.39 is 22.5 Å². The molecule has 0 heterocycles. The summed E-state index contributed by atoms with van der Waals surface area (Å²) in [5.41, 5.74) is 2.75. The Bertz CT molecular complexity index is 1030. The Morgan fingerprint density at radius 1 is 0.906 bits per heavy atom. The van der Waals surface area contributed by atoms with Crippen molar-refractivity contribution in [1.82, 2.24) is 4.31 Å². The molecule has 0 aromatic heterocycles. The summed E-state index contributed by atoms with van der Waals surface area (Å²) in [6.45, 7) is 6.69. The Balaban J connectivity index is 2.59. The topological polar surface area (TPSA) is 91.4 Å². The van der Waals surface area contributed by atoms with E-state index in [1.807, 2.05) is 19.1 Å². The average molecular weight is 466 g/mol. The number of aryl methyl sites for hydroxylation is 3. The van der Waals surface area contributed by atoms with Crippen molar-refractivity contribution in [3.05, 3.63) is 46.5 Å². The van der Waals surface area contributed by atoms with Crippen molar-refractivity contribution in [3.63, 3.8) is 0 Å². The minimum atomic E-state index is -4.03. The molecular weight excluding hydrogens is 434 g/mol. The Labute approximate surface area is 190 Å². The van der Waals surface area contributed by atoms with E-state index in [-0.39, 0.29) is 18.0 Å². The highest BCUT2D eigenvalue weighted by atomic mass is 32.2. The third-order valence-corrected chi connectivity index (χ3v) is 6.99. The van der Waals surface area contributed by atoms with Gasteiger partial charge < -0.3 is 18.9 Å². The van der Waals surface area contributed by atoms with Crippen LogP contribution in [0.3, 0.4) is 0 Å². The zero-order valence-corrected chi connectivity index (χ0v) is 20.5. The van der Waals surface area contributed by atoms with E-state index in [1.165, 1.54) is 21.3 Å². The van der Waals surface area contributed by atoms with Crippen LogP contribution >= 0.6 is 0 Å². The summed E-state index contributed by atoms with van der Waals surface area (Å²) in [7, 11) is 0.419. The quantitative estimate of drug-likeness (QED) is 0.497. The molecule has 0 aliphatic carbocycles. The first kappa shape index (κ1) is 25.5. The van der Waals surface area contributed by atoms with Gasteiger partial charge in [-0.3, -0.25) is 4.79 Å². The first-order valence-corrected chi connectivity index (χ1v) is 11.6. The molecule has 176 valence electrons. The number of carbonyl (C=O) groups is 1. The van der Waals surface area contributed by atoms with E-state index in [2.05, 4.69) is 0 Å². The highest BCUT2D eigenvalue weighted by Gasteiger charge is 2.31. The molecule has 0 radical (unpaired) electrons. The van der Waals surface area contributed by atoms with Gasteiger partial charge in [-0.15, -0.1) is 0 Å². The standard InChI is InChI=1S/C23H31NO7S/c1-8-31-21(25)14-24(32(26,27)23-16(3)9-15(2)10-17(23)4)13-18-11-19(28-5)22(30-7)20(12-18)29-6/h9-12H,8,13-14H2,1-7H3. The first-order valence-electron chi connectivity index (χ1n) is 10.1. The third kappa shape index (κ3) is 5.52. The van der Waals surface area contributed by atoms with Gasteiger partial charge in [0.2, 0.25) is 15.8 Å². The normalized spacial score (nSPS) is 11.4. The molecule has 0 aliphatic heterocycles. The van der Waals surface area contributed by atoms with Crippen LogP contribution in [0.5, 0.6) is 17.2 Å². The van der Waals surface area contributed by atoms with Gasteiger partial charge in [0.25, 0.3) is 0 Å². The summed E-state index contributed by atoms with van der Waals surface area (Å²) < 4.78 is 49.6. The summed E-state index contributed by atoms with van der Waals surface area (Å²) in [6, 6.07) is 6.93. The zero-order valence-electron chi connectivity index (χ0n) is 19.6. The SMILES string of the molecule is CCOC(=O)CN(Cc1cc(OC)c(OC)c(OC)c1)S(=O)(=O)c1c(C)cc(C)cc1C. The van der Waals surface area contributed by atoms with Crippen LogP contribution in [0.2, 0.25) is 0 Å². The molecule has 0 amide bonds. The average Bonchev–Trinajstić information content (AvgIpc) is 2.71. The largest absolute Gasteiger partial charge is 0.493 e. The van der Waals surface area contributed by atoms with Crippen LogP contribution in [0.25, 0.3) is 0 Å². The minimum absolute atomic E-state index is 0.0926. The van der Waals surface area contributed by atoms with Crippen LogP contribution < -0.4 is 14.2 Å². The smallest absolute Gasteiger partial charge is 0.321 e. The summed E-state index contributed by atoms with van der Waals surface area (Å²) in [5.74, 6) is 0.533. The van der Waals surface area contributed by atoms with Crippen LogP contribution in [-0.2, 0) is 26.1 Å². The van der Waals surface area contributed by atoms with Gasteiger partial charge in [-0.05, 0) is 56.5 Å². The summed E-state index contributed by atoms with van der Waals surface area (Å²) in [4.78, 5) is 12.5. The van der Waals surface area contributed by atoms with Gasteiger partial charge in [0, 0.05) is 6.54 Å². The predicted octanol–water partition coefficient (Wildman–Crippen LogP) is 3.39. The Kier molecular flexibility index (Phi) is 8.51. The molecule has 0 saturated heterocycles. The van der Waals surface area contributed by atoms with Crippen molar-refractivity contribution in [1.29, 1.82) is 0 Å². The molecule has 0 fully saturated rings. The van der Waals surface area contributed by atoms with Gasteiger partial charge in [-0.2, -0.15) is 4.31 Å². The molecule has 0 N–H and O–H groups in total. The van der Waals surface area contributed by atoms with E-state index in [1.54, 1.807) is 32.9 Å². The predicted molar refractivity (Wildman–Crippen MR) is 121 cm³/mol. The van der Waals surface area contributed by atoms with Gasteiger partial charge in [0.05, 0.1) is 32.8 Å². The second-order valence-electron chi connectivity index (χ2n) is 7.34. The van der Waals surface area contributed by atoms with Crippen molar-refractivity contribution in [2.45, 2.75) is 39.1 Å². The molecule has 9 heteroatoms. The number of esters is 1. The van der Waals surface area contributed by atoms with Crippen LogP contribution in [-0.4, -0.2) is 53.2 Å². The highest BCUT2D eigenvalue weighted by Crippen LogP contribution is 2.39. The number of hydrogen-bond acceptors (Lipinski definition) is 7. The Morgan fingerprint density at radius 2 is 1.44 bits per heavy atom. The molecule has 0 aliphatic rings. The minimum Gasteiger partial charge on any atom is -0.493 e. The maximum Gasteiger partial charge on any atom is 0.321 e. The first-order chi connectivity index (χ1) is 15.1. The molecule has 0 atom stereocenters. The molecule has 32 heavy (non-hydrogen) atoms. The number of benzene rings is 2. The van der Waals surface area contributed by atoms with E-state index in [0.29, 0.717) is 33.9 Å². The van der Waals surface area contributed by atoms with Gasteiger partial charge in [-0.1, -0.05) is 17.7 Å². The molecular formula is C23H31NO7S. The van der Waals surface area contributed by atoms with Gasteiger partial charge >= 0.3 is 5.97 Å². The van der Waals surface area contributed by atoms with Gasteiger partial charge in [-0.25, -0.2) is 8.42 Å². The van der Waals surface area contributed by atoms with Crippen LogP contribution in [0.15, 0.2) is 29.2 Å². The molecule has 0 spiro atoms. The number of carbonyl (C=O) groups excluding carboxylic acids is 1. The fourth-order valence-electron chi connectivity index (χ4n) is 3.71. The number of sulfonamides is 1. The zero-order chi connectivity index (χ0) is 24.1. The van der Waals surface area contributed by atoms with E-state index >= 15 is 0 Å². The number of ether oxygens (including phenoxy) is 4. The van der Waals surface area contributed by atoms with E-state index in [9.17, 15) is 13.2 Å². The molecule has 0 unspecified atom stereocenters. The number of methoxy groups -OCH3 is 3. The maximum absolute atomic E-state index is 13.7. The van der Waals surface area contributed by atoms with E-state index in [4.69, 9.17) is 18.9 Å². The molecule has 2 aromatic rings. The fourth-order valence-corrected chi connectivity index (χ4v) is 5.49. The molecule has 8 nitrogen and oxygen atoms in total. The van der Waals surface area contributed by atoms with Gasteiger partial charge in [0.15, 0.2) is 11.5 Å². The van der Waals surface area contributed by atoms with Crippen molar-refractivity contribution >= 4 is 16.0 Å². The highest BCUT2D eigenvalue weighted by molar-refractivity contribution is 7.89. The monoisotopic (exact) mass is 465 g/mol. The van der Waals surface area contributed by atoms with E-state index in [0.717, 1.165) is 9.87 Å².